The zero-order valence-electron chi connectivity index (χ0n) is 33.1. The van der Waals surface area contributed by atoms with Gasteiger partial charge in [0, 0.05) is 66.0 Å². The number of hydrogen-bond acceptors (Lipinski definition) is 10. The van der Waals surface area contributed by atoms with Crippen LogP contribution in [0.15, 0.2) is 66.7 Å². The molecule has 10 N–H and O–H groups in total. The summed E-state index contributed by atoms with van der Waals surface area (Å²) in [5, 5.41) is 72.4. The molecule has 6 atom stereocenters. The predicted molar refractivity (Wildman–Crippen MR) is 215 cm³/mol. The van der Waals surface area contributed by atoms with E-state index in [-0.39, 0.29) is 36.8 Å². The van der Waals surface area contributed by atoms with Gasteiger partial charge in [-0.2, -0.15) is 0 Å². The summed E-state index contributed by atoms with van der Waals surface area (Å²) in [6.45, 7) is 7.92. The Morgan fingerprint density at radius 3 is 2.33 bits per heavy atom. The minimum absolute atomic E-state index is 0.0392. The number of H-pyrrole nitrogens is 1. The monoisotopic (exact) mass is 800 g/mol. The molecule has 5 rings (SSSR count). The van der Waals surface area contributed by atoms with Crippen LogP contribution in [0.3, 0.4) is 0 Å². The summed E-state index contributed by atoms with van der Waals surface area (Å²) in [6, 6.07) is 16.0. The van der Waals surface area contributed by atoms with Crippen LogP contribution < -0.4 is 16.0 Å². The van der Waals surface area contributed by atoms with Crippen LogP contribution >= 0.6 is 0 Å². The SMILES string of the molecule is CC(=O)N[C@H]1[C@H]([C@H](O)[C@H](O)CNC(=O)c2cc(C)c(O)c(C)c2)O[C@@](C/C=C/c2cccc(CNC(=O)c3ccc4[nH]c(C(C)(C)CO)cc4c3)c2)(C(=O)O)C[C@@H]1O. The maximum Gasteiger partial charge on any atom is 0.336 e. The highest BCUT2D eigenvalue weighted by atomic mass is 16.6. The molecule has 1 aliphatic rings. The van der Waals surface area contributed by atoms with Gasteiger partial charge < -0.3 is 56.3 Å². The Balaban J connectivity index is 1.25. The lowest BCUT2D eigenvalue weighted by Gasteiger charge is -2.47. The van der Waals surface area contributed by atoms with E-state index in [1.165, 1.54) is 25.1 Å². The van der Waals surface area contributed by atoms with Crippen molar-refractivity contribution in [1.82, 2.24) is 20.9 Å². The summed E-state index contributed by atoms with van der Waals surface area (Å²) < 4.78 is 6.02. The van der Waals surface area contributed by atoms with Crippen LogP contribution in [-0.2, 0) is 26.3 Å². The van der Waals surface area contributed by atoms with Crippen LogP contribution in [0.1, 0.15) is 82.3 Å². The molecule has 4 aromatic rings. The van der Waals surface area contributed by atoms with Crippen LogP contribution in [0.5, 0.6) is 5.75 Å². The number of aliphatic hydroxyl groups excluding tert-OH is 4. The van der Waals surface area contributed by atoms with Crippen molar-refractivity contribution in [3.63, 3.8) is 0 Å². The number of carboxylic acid groups (broad SMARTS) is 1. The van der Waals surface area contributed by atoms with Gasteiger partial charge in [0.1, 0.15) is 18.0 Å². The lowest BCUT2D eigenvalue weighted by Crippen LogP contribution is -2.67. The molecule has 1 aliphatic heterocycles. The number of benzene rings is 3. The summed E-state index contributed by atoms with van der Waals surface area (Å²) in [6.07, 6.45) is -4.25. The van der Waals surface area contributed by atoms with Crippen LogP contribution in [0.4, 0.5) is 0 Å². The van der Waals surface area contributed by atoms with E-state index in [0.717, 1.165) is 22.2 Å². The van der Waals surface area contributed by atoms with E-state index in [4.69, 9.17) is 4.74 Å². The number of aromatic nitrogens is 1. The molecule has 0 radical (unpaired) electrons. The molecule has 0 saturated carbocycles. The molecule has 2 heterocycles. The number of carbonyl (C=O) groups is 4. The molecule has 3 aromatic carbocycles. The number of aliphatic carboxylic acids is 1. The summed E-state index contributed by atoms with van der Waals surface area (Å²) in [4.78, 5) is 54.1. The van der Waals surface area contributed by atoms with Crippen molar-refractivity contribution < 1.29 is 54.6 Å². The highest BCUT2D eigenvalue weighted by Gasteiger charge is 2.54. The quantitative estimate of drug-likeness (QED) is 0.0837. The van der Waals surface area contributed by atoms with E-state index in [9.17, 15) is 49.8 Å². The Labute approximate surface area is 335 Å². The molecule has 15 nitrogen and oxygen atoms in total. The molecule has 0 spiro atoms. The number of amides is 3. The molecule has 0 bridgehead atoms. The summed E-state index contributed by atoms with van der Waals surface area (Å²) in [5.74, 6) is -2.89. The average molecular weight is 801 g/mol. The number of aliphatic hydroxyl groups is 4. The van der Waals surface area contributed by atoms with Crippen molar-refractivity contribution in [2.45, 2.75) is 95.5 Å². The van der Waals surface area contributed by atoms with Gasteiger partial charge in [0.05, 0.1) is 24.9 Å². The molecule has 310 valence electrons. The standard InChI is InChI=1S/C43H52N4O11/c1-23-14-30(15-24(2)36(23)52)40(55)45-21-33(51)37(53)38-35(46-25(3)49)32(50)19-43(58-38,41(56)57)13-7-10-26-8-6-9-27(16-26)20-44-39(54)28-11-12-31-29(17-28)18-34(47-31)42(4,5)22-48/h6-12,14-18,32-33,35,37-38,47-48,50-53H,13,19-22H2,1-5H3,(H,44,54)(H,45,55)(H,46,49)(H,56,57)/b10-7+/t32-,33+,35+,37+,38+,43+/m0/s1. The van der Waals surface area contributed by atoms with Crippen molar-refractivity contribution in [3.8, 4) is 5.75 Å². The summed E-state index contributed by atoms with van der Waals surface area (Å²) >= 11 is 0. The first-order valence-electron chi connectivity index (χ1n) is 18.9. The largest absolute Gasteiger partial charge is 0.507 e. The first-order chi connectivity index (χ1) is 27.3. The van der Waals surface area contributed by atoms with Gasteiger partial charge in [0.25, 0.3) is 11.8 Å². The number of phenolic OH excluding ortho intramolecular Hbond substituents is 1. The van der Waals surface area contributed by atoms with Crippen molar-refractivity contribution in [1.29, 1.82) is 0 Å². The normalized spacial score (nSPS) is 20.7. The fourth-order valence-corrected chi connectivity index (χ4v) is 7.04. The number of ether oxygens (including phenoxy) is 1. The number of nitrogens with one attached hydrogen (secondary N) is 4. The Morgan fingerprint density at radius 2 is 1.67 bits per heavy atom. The molecular weight excluding hydrogens is 748 g/mol. The zero-order valence-corrected chi connectivity index (χ0v) is 33.1. The van der Waals surface area contributed by atoms with E-state index >= 15 is 0 Å². The highest BCUT2D eigenvalue weighted by molar-refractivity contribution is 5.98. The second kappa shape index (κ2) is 17.9. The molecule has 0 aliphatic carbocycles. The Kier molecular flexibility index (Phi) is 13.4. The number of aryl methyl sites for hydroxylation is 2. The predicted octanol–water partition coefficient (Wildman–Crippen LogP) is 2.72. The van der Waals surface area contributed by atoms with Crippen LogP contribution in [0.25, 0.3) is 17.0 Å². The van der Waals surface area contributed by atoms with Gasteiger partial charge in [-0.1, -0.05) is 44.2 Å². The Morgan fingerprint density at radius 1 is 0.983 bits per heavy atom. The zero-order chi connectivity index (χ0) is 42.5. The highest BCUT2D eigenvalue weighted by Crippen LogP contribution is 2.36. The van der Waals surface area contributed by atoms with Crippen LogP contribution in [-0.4, -0.2) is 109 Å². The number of rotatable bonds is 15. The first-order valence-corrected chi connectivity index (χ1v) is 18.9. The molecule has 0 unspecified atom stereocenters. The number of aromatic hydroxyl groups is 1. The molecule has 1 fully saturated rings. The van der Waals surface area contributed by atoms with Crippen molar-refractivity contribution in [2.75, 3.05) is 13.2 Å². The minimum Gasteiger partial charge on any atom is -0.507 e. The topological polar surface area (TPSA) is 251 Å². The number of aromatic amines is 1. The first kappa shape index (κ1) is 43.5. The minimum atomic E-state index is -2.08. The third-order valence-corrected chi connectivity index (χ3v) is 10.6. The summed E-state index contributed by atoms with van der Waals surface area (Å²) in [7, 11) is 0. The fourth-order valence-electron chi connectivity index (χ4n) is 7.04. The van der Waals surface area contributed by atoms with Gasteiger partial charge in [-0.3, -0.25) is 14.4 Å². The molecule has 58 heavy (non-hydrogen) atoms. The van der Waals surface area contributed by atoms with Crippen LogP contribution in [0.2, 0.25) is 0 Å². The number of carbonyl (C=O) groups excluding carboxylic acids is 3. The summed E-state index contributed by atoms with van der Waals surface area (Å²) in [5.41, 5.74) is 2.18. The van der Waals surface area contributed by atoms with E-state index in [0.29, 0.717) is 22.3 Å². The molecule has 1 aromatic heterocycles. The lowest BCUT2D eigenvalue weighted by molar-refractivity contribution is -0.226. The van der Waals surface area contributed by atoms with Crippen molar-refractivity contribution in [2.24, 2.45) is 0 Å². The third-order valence-electron chi connectivity index (χ3n) is 10.6. The van der Waals surface area contributed by atoms with Crippen molar-refractivity contribution >= 4 is 40.7 Å². The van der Waals surface area contributed by atoms with Gasteiger partial charge >= 0.3 is 5.97 Å². The molecule has 1 saturated heterocycles. The number of phenols is 1. The van der Waals surface area contributed by atoms with Crippen molar-refractivity contribution in [3.05, 3.63) is 106 Å². The smallest absolute Gasteiger partial charge is 0.336 e. The van der Waals surface area contributed by atoms with E-state index in [1.807, 2.05) is 38.1 Å². The van der Waals surface area contributed by atoms with E-state index in [1.54, 1.807) is 44.2 Å². The van der Waals surface area contributed by atoms with Gasteiger partial charge in [-0.05, 0) is 78.6 Å². The number of carboxylic acids is 1. The third kappa shape index (κ3) is 9.92. The van der Waals surface area contributed by atoms with E-state index < -0.39 is 72.2 Å². The number of hydrogen-bond donors (Lipinski definition) is 10. The van der Waals surface area contributed by atoms with Gasteiger partial charge in [-0.25, -0.2) is 4.79 Å². The van der Waals surface area contributed by atoms with E-state index in [2.05, 4.69) is 20.9 Å². The Bertz CT molecular complexity index is 2170. The maximum atomic E-state index is 13.1. The number of fused-ring (bicyclic) bond motifs is 1. The Hall–Kier alpha value is -5.58. The fraction of sp³-hybridized carbons (Fsp3) is 0.395. The molecule has 15 heteroatoms. The molecular formula is C43H52N4O11. The van der Waals surface area contributed by atoms with Gasteiger partial charge in [-0.15, -0.1) is 0 Å². The van der Waals surface area contributed by atoms with Gasteiger partial charge in [0.15, 0.2) is 5.60 Å². The second-order valence-electron chi connectivity index (χ2n) is 15.7. The van der Waals surface area contributed by atoms with Gasteiger partial charge in [0.2, 0.25) is 5.91 Å². The average Bonchev–Trinajstić information content (AvgIpc) is 3.63. The van der Waals surface area contributed by atoms with Crippen LogP contribution in [0, 0.1) is 13.8 Å². The second-order valence-corrected chi connectivity index (χ2v) is 15.7. The maximum absolute atomic E-state index is 13.1. The lowest BCUT2D eigenvalue weighted by atomic mass is 9.81. The molecule has 3 amide bonds.